The third kappa shape index (κ3) is 1.86. The molecule has 0 amide bonds. The van der Waals surface area contributed by atoms with Gasteiger partial charge in [-0.05, 0) is 6.08 Å². The number of rotatable bonds is 2. The number of hydrogen-bond donors (Lipinski definition) is 0. The second kappa shape index (κ2) is 3.17. The van der Waals surface area contributed by atoms with Crippen LogP contribution in [0.4, 0.5) is 0 Å². The highest BCUT2D eigenvalue weighted by atomic mass is 16.9. The highest BCUT2D eigenvalue weighted by Gasteiger charge is 2.38. The maximum absolute atomic E-state index is 5.42. The van der Waals surface area contributed by atoms with Gasteiger partial charge in [-0.1, -0.05) is 20.4 Å². The molecule has 1 fully saturated rings. The molecular formula is C9H16O3. The lowest BCUT2D eigenvalue weighted by Gasteiger charge is -2.40. The van der Waals surface area contributed by atoms with E-state index >= 15 is 0 Å². The van der Waals surface area contributed by atoms with Crippen molar-refractivity contribution in [2.75, 3.05) is 20.3 Å². The van der Waals surface area contributed by atoms with Gasteiger partial charge in [0, 0.05) is 12.5 Å². The van der Waals surface area contributed by atoms with Gasteiger partial charge >= 0.3 is 5.97 Å². The summed E-state index contributed by atoms with van der Waals surface area (Å²) in [4.78, 5) is 0. The van der Waals surface area contributed by atoms with Crippen molar-refractivity contribution < 1.29 is 14.2 Å². The van der Waals surface area contributed by atoms with E-state index in [0.717, 1.165) is 0 Å². The minimum atomic E-state index is -1.02. The van der Waals surface area contributed by atoms with Crippen LogP contribution in [0.2, 0.25) is 0 Å². The summed E-state index contributed by atoms with van der Waals surface area (Å²) in [6.45, 7) is 8.99. The average Bonchev–Trinajstić information content (AvgIpc) is 2.06. The molecule has 0 aromatic heterocycles. The summed E-state index contributed by atoms with van der Waals surface area (Å²) in [6.07, 6.45) is 1.53. The van der Waals surface area contributed by atoms with Crippen molar-refractivity contribution in [1.82, 2.24) is 0 Å². The fourth-order valence-electron chi connectivity index (χ4n) is 0.994. The highest BCUT2D eigenvalue weighted by Crippen LogP contribution is 2.30. The third-order valence-corrected chi connectivity index (χ3v) is 1.86. The van der Waals surface area contributed by atoms with Crippen LogP contribution in [0.1, 0.15) is 13.8 Å². The summed E-state index contributed by atoms with van der Waals surface area (Å²) < 4.78 is 15.9. The molecular weight excluding hydrogens is 156 g/mol. The number of methoxy groups -OCH3 is 1. The maximum Gasteiger partial charge on any atom is 0.304 e. The molecule has 0 bridgehead atoms. The Labute approximate surface area is 73.3 Å². The second-order valence-corrected chi connectivity index (χ2v) is 3.75. The van der Waals surface area contributed by atoms with E-state index in [4.69, 9.17) is 14.2 Å². The molecule has 3 nitrogen and oxygen atoms in total. The van der Waals surface area contributed by atoms with E-state index in [2.05, 4.69) is 20.4 Å². The van der Waals surface area contributed by atoms with Crippen molar-refractivity contribution in [3.63, 3.8) is 0 Å². The lowest BCUT2D eigenvalue weighted by molar-refractivity contribution is -0.381. The molecule has 1 saturated heterocycles. The first-order chi connectivity index (χ1) is 5.54. The van der Waals surface area contributed by atoms with Gasteiger partial charge in [0.25, 0.3) is 0 Å². The van der Waals surface area contributed by atoms with Gasteiger partial charge in [-0.2, -0.15) is 0 Å². The molecule has 0 atom stereocenters. The topological polar surface area (TPSA) is 27.7 Å². The summed E-state index contributed by atoms with van der Waals surface area (Å²) in [6, 6.07) is 0. The van der Waals surface area contributed by atoms with Crippen LogP contribution in [-0.4, -0.2) is 26.3 Å². The first-order valence-corrected chi connectivity index (χ1v) is 4.00. The van der Waals surface area contributed by atoms with Crippen LogP contribution in [0.5, 0.6) is 0 Å². The second-order valence-electron chi connectivity index (χ2n) is 3.75. The largest absolute Gasteiger partial charge is 0.327 e. The molecule has 70 valence electrons. The Hall–Kier alpha value is -0.380. The monoisotopic (exact) mass is 172 g/mol. The molecule has 0 N–H and O–H groups in total. The summed E-state index contributed by atoms with van der Waals surface area (Å²) in [5.74, 6) is -1.02. The van der Waals surface area contributed by atoms with Crippen LogP contribution in [0.25, 0.3) is 0 Å². The number of ether oxygens (including phenoxy) is 3. The van der Waals surface area contributed by atoms with E-state index in [-0.39, 0.29) is 5.41 Å². The summed E-state index contributed by atoms with van der Waals surface area (Å²) in [7, 11) is 1.54. The summed E-state index contributed by atoms with van der Waals surface area (Å²) in [5.41, 5.74) is 0.0606. The van der Waals surface area contributed by atoms with Crippen molar-refractivity contribution in [3.05, 3.63) is 12.7 Å². The van der Waals surface area contributed by atoms with Gasteiger partial charge in [0.15, 0.2) is 0 Å². The molecule has 12 heavy (non-hydrogen) atoms. The van der Waals surface area contributed by atoms with Crippen LogP contribution in [0.3, 0.4) is 0 Å². The minimum absolute atomic E-state index is 0.0606. The maximum atomic E-state index is 5.42. The molecule has 1 aliphatic rings. The third-order valence-electron chi connectivity index (χ3n) is 1.86. The van der Waals surface area contributed by atoms with Gasteiger partial charge in [0.2, 0.25) is 0 Å². The van der Waals surface area contributed by atoms with Crippen molar-refractivity contribution >= 4 is 0 Å². The Morgan fingerprint density at radius 1 is 1.33 bits per heavy atom. The minimum Gasteiger partial charge on any atom is -0.327 e. The quantitative estimate of drug-likeness (QED) is 0.591. The van der Waals surface area contributed by atoms with Gasteiger partial charge in [0.05, 0.1) is 13.2 Å². The Morgan fingerprint density at radius 3 is 2.17 bits per heavy atom. The van der Waals surface area contributed by atoms with E-state index in [9.17, 15) is 0 Å². The zero-order valence-corrected chi connectivity index (χ0v) is 7.92. The summed E-state index contributed by atoms with van der Waals surface area (Å²) >= 11 is 0. The molecule has 1 heterocycles. The fraction of sp³-hybridized carbons (Fsp3) is 0.778. The average molecular weight is 172 g/mol. The first-order valence-electron chi connectivity index (χ1n) is 4.00. The molecule has 0 radical (unpaired) electrons. The van der Waals surface area contributed by atoms with E-state index in [1.54, 1.807) is 7.11 Å². The van der Waals surface area contributed by atoms with Crippen molar-refractivity contribution in [1.29, 1.82) is 0 Å². The highest BCUT2D eigenvalue weighted by molar-refractivity contribution is 4.86. The summed E-state index contributed by atoms with van der Waals surface area (Å²) in [5, 5.41) is 0. The first kappa shape index (κ1) is 9.71. The zero-order chi connectivity index (χ0) is 9.24. The molecule has 0 unspecified atom stereocenters. The van der Waals surface area contributed by atoms with Gasteiger partial charge < -0.3 is 14.2 Å². The van der Waals surface area contributed by atoms with Crippen LogP contribution in [0, 0.1) is 5.41 Å². The molecule has 0 spiro atoms. The van der Waals surface area contributed by atoms with Crippen LogP contribution in [0.15, 0.2) is 12.7 Å². The Morgan fingerprint density at radius 2 is 1.83 bits per heavy atom. The lowest BCUT2D eigenvalue weighted by Crippen LogP contribution is -2.47. The van der Waals surface area contributed by atoms with E-state index in [1.807, 2.05) is 0 Å². The van der Waals surface area contributed by atoms with Crippen molar-refractivity contribution in [3.8, 4) is 0 Å². The van der Waals surface area contributed by atoms with E-state index < -0.39 is 5.97 Å². The van der Waals surface area contributed by atoms with Crippen molar-refractivity contribution in [2.24, 2.45) is 5.41 Å². The van der Waals surface area contributed by atoms with Gasteiger partial charge in [-0.3, -0.25) is 0 Å². The molecule has 0 aromatic carbocycles. The van der Waals surface area contributed by atoms with Crippen LogP contribution in [-0.2, 0) is 14.2 Å². The normalized spacial score (nSPS) is 26.6. The number of hydrogen-bond acceptors (Lipinski definition) is 3. The molecule has 1 rings (SSSR count). The predicted octanol–water partition coefficient (Wildman–Crippen LogP) is 1.55. The standard InChI is InChI=1S/C9H16O3/c1-5-9(10-4)11-6-8(2,3)7-12-9/h5H,1,6-7H2,2-4H3. The van der Waals surface area contributed by atoms with Crippen molar-refractivity contribution in [2.45, 2.75) is 19.8 Å². The van der Waals surface area contributed by atoms with Gasteiger partial charge in [-0.25, -0.2) is 0 Å². The fourth-order valence-corrected chi connectivity index (χ4v) is 0.994. The Bertz CT molecular complexity index is 165. The van der Waals surface area contributed by atoms with Crippen LogP contribution >= 0.6 is 0 Å². The lowest BCUT2D eigenvalue weighted by atomic mass is 9.95. The smallest absolute Gasteiger partial charge is 0.304 e. The molecule has 0 aliphatic carbocycles. The molecule has 3 heteroatoms. The predicted molar refractivity (Wildman–Crippen MR) is 45.6 cm³/mol. The molecule has 1 aliphatic heterocycles. The van der Waals surface area contributed by atoms with Gasteiger partial charge in [-0.15, -0.1) is 0 Å². The Balaban J connectivity index is 2.59. The SMILES string of the molecule is C=CC1(OC)OCC(C)(C)CO1. The van der Waals surface area contributed by atoms with E-state index in [1.165, 1.54) is 6.08 Å². The van der Waals surface area contributed by atoms with E-state index in [0.29, 0.717) is 13.2 Å². The zero-order valence-electron chi connectivity index (χ0n) is 7.92. The molecule has 0 saturated carbocycles. The Kier molecular flexibility index (Phi) is 2.56. The van der Waals surface area contributed by atoms with Crippen LogP contribution < -0.4 is 0 Å². The molecule has 0 aromatic rings. The van der Waals surface area contributed by atoms with Gasteiger partial charge in [0.1, 0.15) is 0 Å².